The molecule has 8 nitrogen and oxygen atoms in total. The number of benzene rings is 2. The molecule has 1 amide bonds. The van der Waals surface area contributed by atoms with Crippen molar-refractivity contribution in [2.75, 3.05) is 12.4 Å². The van der Waals surface area contributed by atoms with Crippen molar-refractivity contribution in [1.82, 2.24) is 19.2 Å². The maximum atomic E-state index is 13.7. The van der Waals surface area contributed by atoms with E-state index < -0.39 is 17.4 Å². The SMILES string of the molecule is COc1ccc(-c2cc3nn(CC(=O)Nc4ccccc4F)c(=O)n3c(C)n2)cc1. The highest BCUT2D eigenvalue weighted by atomic mass is 19.1. The van der Waals surface area contributed by atoms with E-state index in [0.29, 0.717) is 17.2 Å². The zero-order valence-corrected chi connectivity index (χ0v) is 16.3. The predicted octanol–water partition coefficient (Wildman–Crippen LogP) is 2.65. The molecule has 0 atom stereocenters. The molecule has 0 aliphatic heterocycles. The Balaban J connectivity index is 1.64. The van der Waals surface area contributed by atoms with Crippen LogP contribution in [0.25, 0.3) is 16.9 Å². The molecular weight excluding hydrogens is 389 g/mol. The van der Waals surface area contributed by atoms with Gasteiger partial charge in [-0.15, -0.1) is 5.10 Å². The van der Waals surface area contributed by atoms with Crippen molar-refractivity contribution < 1.29 is 13.9 Å². The van der Waals surface area contributed by atoms with Crippen molar-refractivity contribution in [2.45, 2.75) is 13.5 Å². The van der Waals surface area contributed by atoms with Crippen LogP contribution in [0.1, 0.15) is 5.82 Å². The van der Waals surface area contributed by atoms with Crippen molar-refractivity contribution in [2.24, 2.45) is 0 Å². The summed E-state index contributed by atoms with van der Waals surface area (Å²) in [7, 11) is 1.59. The first-order valence-corrected chi connectivity index (χ1v) is 9.12. The Bertz CT molecular complexity index is 1290. The molecule has 0 saturated heterocycles. The van der Waals surface area contributed by atoms with E-state index in [1.165, 1.54) is 22.6 Å². The number of hydrogen-bond acceptors (Lipinski definition) is 5. The van der Waals surface area contributed by atoms with Crippen LogP contribution in [0.2, 0.25) is 0 Å². The Morgan fingerprint density at radius 3 is 2.60 bits per heavy atom. The van der Waals surface area contributed by atoms with Gasteiger partial charge in [0.05, 0.1) is 18.5 Å². The number of rotatable bonds is 5. The standard InChI is InChI=1S/C21H18FN5O3/c1-13-23-18(14-7-9-15(30-2)10-8-14)11-19-25-26(21(29)27(13)19)12-20(28)24-17-6-4-3-5-16(17)22/h3-11H,12H2,1-2H3,(H,24,28). The van der Waals surface area contributed by atoms with Gasteiger partial charge in [-0.25, -0.2) is 23.3 Å². The van der Waals surface area contributed by atoms with Crippen LogP contribution in [0.15, 0.2) is 59.4 Å². The summed E-state index contributed by atoms with van der Waals surface area (Å²) in [6.45, 7) is 1.33. The smallest absolute Gasteiger partial charge is 0.352 e. The number of anilines is 1. The van der Waals surface area contributed by atoms with Crippen molar-refractivity contribution in [3.05, 3.63) is 76.7 Å². The van der Waals surface area contributed by atoms with E-state index in [9.17, 15) is 14.0 Å². The van der Waals surface area contributed by atoms with Gasteiger partial charge in [-0.2, -0.15) is 0 Å². The van der Waals surface area contributed by atoms with Gasteiger partial charge in [0.2, 0.25) is 5.91 Å². The number of aromatic nitrogens is 4. The normalized spacial score (nSPS) is 10.9. The third-order valence-corrected chi connectivity index (χ3v) is 4.56. The molecule has 1 N–H and O–H groups in total. The van der Waals surface area contributed by atoms with Gasteiger partial charge in [0.1, 0.15) is 23.9 Å². The molecule has 9 heteroatoms. The third kappa shape index (κ3) is 3.64. The lowest BCUT2D eigenvalue weighted by Gasteiger charge is -2.05. The maximum Gasteiger partial charge on any atom is 0.352 e. The molecule has 4 rings (SSSR count). The van der Waals surface area contributed by atoms with Crippen LogP contribution >= 0.6 is 0 Å². The van der Waals surface area contributed by atoms with Crippen LogP contribution in [0.4, 0.5) is 10.1 Å². The van der Waals surface area contributed by atoms with Gasteiger partial charge in [0.25, 0.3) is 0 Å². The van der Waals surface area contributed by atoms with Gasteiger partial charge >= 0.3 is 5.69 Å². The molecule has 0 spiro atoms. The largest absolute Gasteiger partial charge is 0.497 e. The molecule has 0 bridgehead atoms. The molecular formula is C21H18FN5O3. The number of methoxy groups -OCH3 is 1. The predicted molar refractivity (Wildman–Crippen MR) is 109 cm³/mol. The Labute approximate surface area is 170 Å². The van der Waals surface area contributed by atoms with Gasteiger partial charge in [-0.1, -0.05) is 12.1 Å². The average molecular weight is 407 g/mol. The number of carbonyl (C=O) groups is 1. The highest BCUT2D eigenvalue weighted by Crippen LogP contribution is 2.21. The Kier molecular flexibility index (Phi) is 5.01. The van der Waals surface area contributed by atoms with Crippen molar-refractivity contribution >= 4 is 17.2 Å². The minimum atomic E-state index is -0.563. The number of para-hydroxylation sites is 1. The zero-order chi connectivity index (χ0) is 21.3. The van der Waals surface area contributed by atoms with Gasteiger partial charge in [-0.3, -0.25) is 4.79 Å². The Morgan fingerprint density at radius 2 is 1.90 bits per heavy atom. The molecule has 0 saturated carbocycles. The van der Waals surface area contributed by atoms with Crippen molar-refractivity contribution in [3.8, 4) is 17.0 Å². The number of nitrogens with zero attached hydrogens (tertiary/aromatic N) is 4. The molecule has 2 aromatic carbocycles. The molecule has 4 aromatic rings. The van der Waals surface area contributed by atoms with Crippen LogP contribution in [-0.2, 0) is 11.3 Å². The molecule has 0 radical (unpaired) electrons. The second kappa shape index (κ2) is 7.78. The molecule has 0 aliphatic rings. The quantitative estimate of drug-likeness (QED) is 0.549. The number of fused-ring (bicyclic) bond motifs is 1. The lowest BCUT2D eigenvalue weighted by Crippen LogP contribution is -2.29. The highest BCUT2D eigenvalue weighted by molar-refractivity contribution is 5.90. The summed E-state index contributed by atoms with van der Waals surface area (Å²) in [4.78, 5) is 29.4. The first-order chi connectivity index (χ1) is 14.5. The second-order valence-corrected chi connectivity index (χ2v) is 6.58. The maximum absolute atomic E-state index is 13.7. The van der Waals surface area contributed by atoms with Gasteiger partial charge in [0.15, 0.2) is 5.65 Å². The monoisotopic (exact) mass is 407 g/mol. The van der Waals surface area contributed by atoms with E-state index in [1.807, 2.05) is 24.3 Å². The van der Waals surface area contributed by atoms with E-state index in [1.54, 1.807) is 26.2 Å². The number of nitrogens with one attached hydrogen (secondary N) is 1. The van der Waals surface area contributed by atoms with Crippen LogP contribution in [0.3, 0.4) is 0 Å². The summed E-state index contributed by atoms with van der Waals surface area (Å²) in [6.07, 6.45) is 0. The van der Waals surface area contributed by atoms with Crippen molar-refractivity contribution in [3.63, 3.8) is 0 Å². The van der Waals surface area contributed by atoms with Gasteiger partial charge in [-0.05, 0) is 43.3 Å². The summed E-state index contributed by atoms with van der Waals surface area (Å²) < 4.78 is 21.2. The first kappa shape index (κ1) is 19.3. The molecule has 30 heavy (non-hydrogen) atoms. The highest BCUT2D eigenvalue weighted by Gasteiger charge is 2.15. The summed E-state index contributed by atoms with van der Waals surface area (Å²) in [5, 5.41) is 6.69. The molecule has 0 aliphatic carbocycles. The van der Waals surface area contributed by atoms with E-state index >= 15 is 0 Å². The lowest BCUT2D eigenvalue weighted by atomic mass is 10.1. The second-order valence-electron chi connectivity index (χ2n) is 6.58. The summed E-state index contributed by atoms with van der Waals surface area (Å²) in [5.41, 5.74) is 1.37. The number of carbonyl (C=O) groups excluding carboxylic acids is 1. The Hall–Kier alpha value is -4.01. The summed E-state index contributed by atoms with van der Waals surface area (Å²) in [5.74, 6) is 0.0333. The molecule has 152 valence electrons. The first-order valence-electron chi connectivity index (χ1n) is 9.12. The molecule has 2 aromatic heterocycles. The number of halogens is 1. The van der Waals surface area contributed by atoms with E-state index in [-0.39, 0.29) is 12.2 Å². The van der Waals surface area contributed by atoms with E-state index in [2.05, 4.69) is 15.4 Å². The summed E-state index contributed by atoms with van der Waals surface area (Å²) in [6, 6.07) is 14.8. The van der Waals surface area contributed by atoms with Gasteiger partial charge < -0.3 is 10.1 Å². The third-order valence-electron chi connectivity index (χ3n) is 4.56. The number of amides is 1. The fourth-order valence-corrected chi connectivity index (χ4v) is 3.10. The van der Waals surface area contributed by atoms with Crippen molar-refractivity contribution in [1.29, 1.82) is 0 Å². The number of hydrogen-bond donors (Lipinski definition) is 1. The minimum Gasteiger partial charge on any atom is -0.497 e. The van der Waals surface area contributed by atoms with E-state index in [0.717, 1.165) is 16.0 Å². The fourth-order valence-electron chi connectivity index (χ4n) is 3.10. The van der Waals surface area contributed by atoms with Crippen LogP contribution in [0, 0.1) is 12.7 Å². The van der Waals surface area contributed by atoms with E-state index in [4.69, 9.17) is 4.74 Å². The Morgan fingerprint density at radius 1 is 1.17 bits per heavy atom. The van der Waals surface area contributed by atoms with Crippen LogP contribution in [-0.4, -0.2) is 32.2 Å². The van der Waals surface area contributed by atoms with Gasteiger partial charge in [0, 0.05) is 11.6 Å². The minimum absolute atomic E-state index is 0.0407. The van der Waals surface area contributed by atoms with Crippen LogP contribution in [0.5, 0.6) is 5.75 Å². The summed E-state index contributed by atoms with van der Waals surface area (Å²) >= 11 is 0. The number of aryl methyl sites for hydroxylation is 1. The van der Waals surface area contributed by atoms with Crippen LogP contribution < -0.4 is 15.7 Å². The fraction of sp³-hybridized carbons (Fsp3) is 0.143. The molecule has 2 heterocycles. The zero-order valence-electron chi connectivity index (χ0n) is 16.3. The lowest BCUT2D eigenvalue weighted by molar-refractivity contribution is -0.117. The molecule has 0 fully saturated rings. The number of ether oxygens (including phenoxy) is 1. The topological polar surface area (TPSA) is 90.5 Å². The molecule has 0 unspecified atom stereocenters. The average Bonchev–Trinajstić information content (AvgIpc) is 3.05.